The number of esters is 2. The lowest BCUT2D eigenvalue weighted by atomic mass is 10.0. The van der Waals surface area contributed by atoms with Crippen LogP contribution < -0.4 is 0 Å². The summed E-state index contributed by atoms with van der Waals surface area (Å²) in [7, 11) is 0. The summed E-state index contributed by atoms with van der Waals surface area (Å²) in [6.07, 6.45) is 35.1. The monoisotopic (exact) mass is 553 g/mol. The van der Waals surface area contributed by atoms with Gasteiger partial charge in [0.05, 0.1) is 13.2 Å². The van der Waals surface area contributed by atoms with Crippen LogP contribution in [-0.4, -0.2) is 25.2 Å². The van der Waals surface area contributed by atoms with E-state index in [0.29, 0.717) is 38.9 Å². The van der Waals surface area contributed by atoms with E-state index in [4.69, 9.17) is 9.47 Å². The molecule has 0 fully saturated rings. The van der Waals surface area contributed by atoms with E-state index >= 15 is 0 Å². The van der Waals surface area contributed by atoms with Crippen molar-refractivity contribution >= 4 is 11.9 Å². The Hall–Kier alpha value is -1.06. The maximum absolute atomic E-state index is 11.9. The van der Waals surface area contributed by atoms with E-state index in [2.05, 4.69) is 13.8 Å². The minimum Gasteiger partial charge on any atom is -0.466 e. The van der Waals surface area contributed by atoms with Crippen LogP contribution in [0.3, 0.4) is 0 Å². The van der Waals surface area contributed by atoms with E-state index in [1.807, 2.05) is 0 Å². The van der Waals surface area contributed by atoms with Crippen molar-refractivity contribution in [3.8, 4) is 0 Å². The second-order valence-electron chi connectivity index (χ2n) is 11.8. The molecule has 0 aromatic rings. The zero-order valence-corrected chi connectivity index (χ0v) is 26.6. The summed E-state index contributed by atoms with van der Waals surface area (Å²) in [5.74, 6) is -0.255. The van der Waals surface area contributed by atoms with Crippen LogP contribution in [0.5, 0.6) is 0 Å². The van der Waals surface area contributed by atoms with Gasteiger partial charge in [0.15, 0.2) is 0 Å². The fourth-order valence-electron chi connectivity index (χ4n) is 5.12. The summed E-state index contributed by atoms with van der Waals surface area (Å²) in [6.45, 7) is 5.61. The van der Waals surface area contributed by atoms with Crippen LogP contribution in [0.25, 0.3) is 0 Å². The third-order valence-corrected chi connectivity index (χ3v) is 7.78. The first-order chi connectivity index (χ1) is 19.2. The first-order valence-electron chi connectivity index (χ1n) is 17.5. The second kappa shape index (κ2) is 33.1. The van der Waals surface area contributed by atoms with Crippen molar-refractivity contribution in [1.29, 1.82) is 0 Å². The normalized spacial score (nSPS) is 11.1. The second-order valence-corrected chi connectivity index (χ2v) is 11.8. The van der Waals surface area contributed by atoms with Crippen molar-refractivity contribution in [2.75, 3.05) is 13.2 Å². The third kappa shape index (κ3) is 33.0. The Morgan fingerprint density at radius 3 is 0.821 bits per heavy atom. The molecule has 4 nitrogen and oxygen atoms in total. The van der Waals surface area contributed by atoms with Crippen molar-refractivity contribution in [1.82, 2.24) is 0 Å². The first kappa shape index (κ1) is 37.9. The minimum absolute atomic E-state index is 0.126. The number of carbonyl (C=O) groups excluding carboxylic acids is 2. The molecule has 0 aromatic heterocycles. The topological polar surface area (TPSA) is 52.6 Å². The van der Waals surface area contributed by atoms with Crippen molar-refractivity contribution < 1.29 is 19.1 Å². The summed E-state index contributed by atoms with van der Waals surface area (Å²) in [5, 5.41) is 0. The van der Waals surface area contributed by atoms with Crippen LogP contribution in [-0.2, 0) is 19.1 Å². The first-order valence-corrected chi connectivity index (χ1v) is 17.5. The molecule has 0 amide bonds. The van der Waals surface area contributed by atoms with E-state index < -0.39 is 0 Å². The highest BCUT2D eigenvalue weighted by Gasteiger charge is 2.06. The van der Waals surface area contributed by atoms with Crippen LogP contribution in [0.15, 0.2) is 0 Å². The molecule has 0 aromatic carbocycles. The minimum atomic E-state index is -0.129. The molecule has 0 unspecified atom stereocenters. The third-order valence-electron chi connectivity index (χ3n) is 7.78. The number of hydrogen-bond donors (Lipinski definition) is 0. The van der Waals surface area contributed by atoms with Crippen molar-refractivity contribution in [2.24, 2.45) is 0 Å². The molecule has 0 saturated carbocycles. The Labute approximate surface area is 244 Å². The summed E-state index contributed by atoms with van der Waals surface area (Å²) < 4.78 is 10.7. The van der Waals surface area contributed by atoms with Gasteiger partial charge in [0.25, 0.3) is 0 Å². The van der Waals surface area contributed by atoms with Gasteiger partial charge in [0.1, 0.15) is 0 Å². The number of rotatable bonds is 32. The van der Waals surface area contributed by atoms with Gasteiger partial charge in [-0.05, 0) is 25.7 Å². The lowest BCUT2D eigenvalue weighted by Gasteiger charge is -2.06. The number of hydrogen-bond acceptors (Lipinski definition) is 4. The fourth-order valence-corrected chi connectivity index (χ4v) is 5.12. The van der Waals surface area contributed by atoms with Crippen LogP contribution >= 0.6 is 0 Å². The van der Waals surface area contributed by atoms with Gasteiger partial charge >= 0.3 is 11.9 Å². The number of carbonyl (C=O) groups is 2. The highest BCUT2D eigenvalue weighted by Crippen LogP contribution is 2.14. The van der Waals surface area contributed by atoms with Crippen LogP contribution in [0, 0.1) is 0 Å². The van der Waals surface area contributed by atoms with Crippen molar-refractivity contribution in [2.45, 2.75) is 200 Å². The smallest absolute Gasteiger partial charge is 0.305 e. The lowest BCUT2D eigenvalue weighted by Crippen LogP contribution is -2.08. The highest BCUT2D eigenvalue weighted by atomic mass is 16.5. The van der Waals surface area contributed by atoms with Gasteiger partial charge in [0.2, 0.25) is 0 Å². The Balaban J connectivity index is 3.25. The van der Waals surface area contributed by atoms with E-state index in [-0.39, 0.29) is 11.9 Å². The fraction of sp³-hybridized carbons (Fsp3) is 0.943. The molecule has 0 bridgehead atoms. The maximum atomic E-state index is 11.9. The van der Waals surface area contributed by atoms with E-state index in [0.717, 1.165) is 25.7 Å². The average Bonchev–Trinajstić information content (AvgIpc) is 2.93. The van der Waals surface area contributed by atoms with Gasteiger partial charge in [0, 0.05) is 12.8 Å². The molecular weight excluding hydrogens is 484 g/mol. The largest absolute Gasteiger partial charge is 0.466 e. The molecular formula is C35H68O4. The molecule has 4 heteroatoms. The van der Waals surface area contributed by atoms with Gasteiger partial charge in [-0.2, -0.15) is 0 Å². The van der Waals surface area contributed by atoms with Crippen molar-refractivity contribution in [3.63, 3.8) is 0 Å². The van der Waals surface area contributed by atoms with Gasteiger partial charge in [-0.25, -0.2) is 0 Å². The Kier molecular flexibility index (Phi) is 32.2. The van der Waals surface area contributed by atoms with E-state index in [9.17, 15) is 9.59 Å². The number of unbranched alkanes of at least 4 members (excludes halogenated alkanes) is 24. The van der Waals surface area contributed by atoms with Gasteiger partial charge in [-0.3, -0.25) is 9.59 Å². The summed E-state index contributed by atoms with van der Waals surface area (Å²) in [5.41, 5.74) is 0. The lowest BCUT2D eigenvalue weighted by molar-refractivity contribution is -0.146. The van der Waals surface area contributed by atoms with Crippen molar-refractivity contribution in [3.05, 3.63) is 0 Å². The van der Waals surface area contributed by atoms with Crippen LogP contribution in [0.1, 0.15) is 200 Å². The Morgan fingerprint density at radius 2 is 0.564 bits per heavy atom. The molecule has 0 aliphatic rings. The zero-order valence-electron chi connectivity index (χ0n) is 26.6. The van der Waals surface area contributed by atoms with E-state index in [1.54, 1.807) is 0 Å². The standard InChI is InChI=1S/C35H68O4/c1-3-5-7-9-11-13-14-15-16-17-18-19-21-23-25-29-33-39-35(37)31-27-26-30-34(36)38-32-28-24-22-20-12-10-8-6-4-2/h3-33H2,1-2H3. The van der Waals surface area contributed by atoms with Gasteiger partial charge in [-0.1, -0.05) is 162 Å². The van der Waals surface area contributed by atoms with Gasteiger partial charge in [-0.15, -0.1) is 0 Å². The SMILES string of the molecule is CCCCCCCCCCCCCCCCCCOC(=O)CCCCC(=O)OCCCCCCCCCCC. The summed E-state index contributed by atoms with van der Waals surface area (Å²) >= 11 is 0. The highest BCUT2D eigenvalue weighted by molar-refractivity contribution is 5.70. The summed E-state index contributed by atoms with van der Waals surface area (Å²) in [4.78, 5) is 23.7. The number of ether oxygens (including phenoxy) is 2. The molecule has 0 aliphatic carbocycles. The zero-order chi connectivity index (χ0) is 28.5. The predicted octanol–water partition coefficient (Wildman–Crippen LogP) is 11.4. The molecule has 0 heterocycles. The molecule has 0 spiro atoms. The van der Waals surface area contributed by atoms with Gasteiger partial charge < -0.3 is 9.47 Å². The molecule has 232 valence electrons. The molecule has 0 N–H and O–H groups in total. The predicted molar refractivity (Wildman–Crippen MR) is 167 cm³/mol. The quantitative estimate of drug-likeness (QED) is 0.0615. The van der Waals surface area contributed by atoms with Crippen LogP contribution in [0.2, 0.25) is 0 Å². The van der Waals surface area contributed by atoms with Crippen LogP contribution in [0.4, 0.5) is 0 Å². The molecule has 0 rings (SSSR count). The Bertz CT molecular complexity index is 505. The Morgan fingerprint density at radius 1 is 0.333 bits per heavy atom. The molecule has 39 heavy (non-hydrogen) atoms. The van der Waals surface area contributed by atoms with E-state index in [1.165, 1.54) is 135 Å². The molecule has 0 aliphatic heterocycles. The molecule has 0 saturated heterocycles. The maximum Gasteiger partial charge on any atom is 0.305 e. The average molecular weight is 553 g/mol. The summed E-state index contributed by atoms with van der Waals surface area (Å²) in [6, 6.07) is 0. The molecule has 0 atom stereocenters. The molecule has 0 radical (unpaired) electrons.